The van der Waals surface area contributed by atoms with Crippen molar-refractivity contribution in [3.8, 4) is 0 Å². The number of halogens is 2. The van der Waals surface area contributed by atoms with Crippen LogP contribution < -0.4 is 5.73 Å². The van der Waals surface area contributed by atoms with E-state index in [2.05, 4.69) is 11.9 Å². The number of benzene rings is 1. The Labute approximate surface area is 155 Å². The summed E-state index contributed by atoms with van der Waals surface area (Å²) >= 11 is 13.7. The topological polar surface area (TPSA) is 56.0 Å². The highest BCUT2D eigenvalue weighted by Crippen LogP contribution is 2.33. The Morgan fingerprint density at radius 1 is 1.29 bits per heavy atom. The van der Waals surface area contributed by atoms with Crippen molar-refractivity contribution >= 4 is 50.7 Å². The Hall–Kier alpha value is -1.36. The molecule has 6 heteroatoms. The number of thiazole rings is 1. The molecule has 1 heterocycles. The zero-order valence-corrected chi connectivity index (χ0v) is 15.7. The highest BCUT2D eigenvalue weighted by molar-refractivity contribution is 7.18. The molecule has 2 aromatic rings. The van der Waals surface area contributed by atoms with Gasteiger partial charge >= 0.3 is 0 Å². The van der Waals surface area contributed by atoms with E-state index in [1.165, 1.54) is 5.57 Å². The van der Waals surface area contributed by atoms with Gasteiger partial charge in [-0.1, -0.05) is 41.3 Å². The summed E-state index contributed by atoms with van der Waals surface area (Å²) < 4.78 is 1.06. The number of rotatable bonds is 6. The number of nitrogens with two attached hydrogens (primary N) is 1. The SMILES string of the molecule is CCC1=C(C(N)=O)C=C(CCCc2nc3cc(Cl)c(Cl)cc3s2)C1. The fourth-order valence-electron chi connectivity index (χ4n) is 2.99. The largest absolute Gasteiger partial charge is 0.366 e. The Kier molecular flexibility index (Phi) is 5.28. The molecule has 0 saturated heterocycles. The van der Waals surface area contributed by atoms with Crippen LogP contribution in [0.2, 0.25) is 10.0 Å². The van der Waals surface area contributed by atoms with Crippen LogP contribution in [0.3, 0.4) is 0 Å². The molecule has 1 aromatic heterocycles. The fourth-order valence-corrected chi connectivity index (χ4v) is 4.41. The molecule has 0 saturated carbocycles. The van der Waals surface area contributed by atoms with Crippen LogP contribution in [0.4, 0.5) is 0 Å². The first-order valence-electron chi connectivity index (χ1n) is 7.93. The highest BCUT2D eigenvalue weighted by Gasteiger charge is 2.18. The second-order valence-corrected chi connectivity index (χ2v) is 7.84. The summed E-state index contributed by atoms with van der Waals surface area (Å²) in [5.41, 5.74) is 9.49. The molecule has 0 bridgehead atoms. The Balaban J connectivity index is 1.62. The van der Waals surface area contributed by atoms with Gasteiger partial charge in [0.25, 0.3) is 0 Å². The van der Waals surface area contributed by atoms with Crippen LogP contribution in [0.15, 0.2) is 34.9 Å². The number of allylic oxidation sites excluding steroid dienone is 2. The van der Waals surface area contributed by atoms with E-state index in [-0.39, 0.29) is 5.91 Å². The maximum atomic E-state index is 11.5. The second-order valence-electron chi connectivity index (χ2n) is 5.91. The molecule has 24 heavy (non-hydrogen) atoms. The lowest BCUT2D eigenvalue weighted by Crippen LogP contribution is -2.12. The van der Waals surface area contributed by atoms with Crippen LogP contribution in [0.5, 0.6) is 0 Å². The van der Waals surface area contributed by atoms with Gasteiger partial charge in [-0.15, -0.1) is 11.3 Å². The summed E-state index contributed by atoms with van der Waals surface area (Å²) in [5.74, 6) is -0.318. The molecule has 1 amide bonds. The van der Waals surface area contributed by atoms with E-state index in [9.17, 15) is 4.79 Å². The zero-order chi connectivity index (χ0) is 17.3. The van der Waals surface area contributed by atoms with E-state index < -0.39 is 0 Å². The van der Waals surface area contributed by atoms with Gasteiger partial charge in [0, 0.05) is 5.57 Å². The van der Waals surface area contributed by atoms with Gasteiger partial charge in [-0.05, 0) is 50.3 Å². The van der Waals surface area contributed by atoms with Crippen LogP contribution in [0, 0.1) is 0 Å². The first-order chi connectivity index (χ1) is 11.5. The third kappa shape index (κ3) is 3.66. The first kappa shape index (κ1) is 17.5. The maximum Gasteiger partial charge on any atom is 0.248 e. The molecule has 0 spiro atoms. The van der Waals surface area contributed by atoms with Gasteiger partial charge in [0.05, 0.1) is 25.3 Å². The molecule has 126 valence electrons. The normalized spacial score (nSPS) is 14.5. The molecule has 0 aliphatic heterocycles. The van der Waals surface area contributed by atoms with Crippen LogP contribution >= 0.6 is 34.5 Å². The van der Waals surface area contributed by atoms with Gasteiger partial charge in [0.2, 0.25) is 5.91 Å². The molecule has 2 N–H and O–H groups in total. The number of aryl methyl sites for hydroxylation is 1. The predicted octanol–water partition coefficient (Wildman–Crippen LogP) is 5.45. The minimum atomic E-state index is -0.318. The summed E-state index contributed by atoms with van der Waals surface area (Å²) in [5, 5.41) is 2.18. The summed E-state index contributed by atoms with van der Waals surface area (Å²) in [6, 6.07) is 3.69. The highest BCUT2D eigenvalue weighted by atomic mass is 35.5. The average molecular weight is 381 g/mol. The van der Waals surface area contributed by atoms with Gasteiger partial charge in [0.1, 0.15) is 0 Å². The third-order valence-electron chi connectivity index (χ3n) is 4.23. The summed E-state index contributed by atoms with van der Waals surface area (Å²) in [6.07, 6.45) is 6.57. The van der Waals surface area contributed by atoms with Crippen molar-refractivity contribution in [2.75, 3.05) is 0 Å². The molecular formula is C18H18Cl2N2OS. The Morgan fingerprint density at radius 3 is 2.71 bits per heavy atom. The maximum absolute atomic E-state index is 11.5. The molecule has 1 aliphatic rings. The van der Waals surface area contributed by atoms with Crippen molar-refractivity contribution in [2.45, 2.75) is 39.0 Å². The van der Waals surface area contributed by atoms with Gasteiger partial charge in [0.15, 0.2) is 0 Å². The molecule has 0 fully saturated rings. The van der Waals surface area contributed by atoms with Crippen LogP contribution in [-0.2, 0) is 11.2 Å². The number of carbonyl (C=O) groups excluding carboxylic acids is 1. The number of nitrogens with zero attached hydrogens (tertiary/aromatic N) is 1. The van der Waals surface area contributed by atoms with Crippen LogP contribution in [0.25, 0.3) is 10.2 Å². The molecule has 1 aliphatic carbocycles. The van der Waals surface area contributed by atoms with Gasteiger partial charge in [-0.3, -0.25) is 4.79 Å². The van der Waals surface area contributed by atoms with Gasteiger partial charge in [-0.25, -0.2) is 4.98 Å². The van der Waals surface area contributed by atoms with E-state index in [0.29, 0.717) is 15.6 Å². The van der Waals surface area contributed by atoms with Gasteiger partial charge < -0.3 is 5.73 Å². The lowest BCUT2D eigenvalue weighted by Gasteiger charge is -2.02. The van der Waals surface area contributed by atoms with Crippen LogP contribution in [-0.4, -0.2) is 10.9 Å². The predicted molar refractivity (Wildman–Crippen MR) is 102 cm³/mol. The Bertz CT molecular complexity index is 828. The van der Waals surface area contributed by atoms with Crippen molar-refractivity contribution in [1.82, 2.24) is 4.98 Å². The van der Waals surface area contributed by atoms with E-state index in [1.807, 2.05) is 18.2 Å². The molecule has 0 radical (unpaired) electrons. The molecule has 1 aromatic carbocycles. The lowest BCUT2D eigenvalue weighted by atomic mass is 10.0. The average Bonchev–Trinajstić information content (AvgIpc) is 3.11. The Morgan fingerprint density at radius 2 is 2.04 bits per heavy atom. The third-order valence-corrected chi connectivity index (χ3v) is 6.03. The lowest BCUT2D eigenvalue weighted by molar-refractivity contribution is -0.114. The van der Waals surface area contributed by atoms with Crippen molar-refractivity contribution in [1.29, 1.82) is 0 Å². The zero-order valence-electron chi connectivity index (χ0n) is 13.4. The van der Waals surface area contributed by atoms with Crippen LogP contribution in [0.1, 0.15) is 37.6 Å². The summed E-state index contributed by atoms with van der Waals surface area (Å²) in [6.45, 7) is 2.06. The number of fused-ring (bicyclic) bond motifs is 1. The first-order valence-corrected chi connectivity index (χ1v) is 9.51. The monoisotopic (exact) mass is 380 g/mol. The van der Waals surface area contributed by atoms with Crippen molar-refractivity contribution in [3.63, 3.8) is 0 Å². The molecule has 0 unspecified atom stereocenters. The smallest absolute Gasteiger partial charge is 0.248 e. The quantitative estimate of drug-likeness (QED) is 0.724. The number of hydrogen-bond donors (Lipinski definition) is 1. The number of amides is 1. The van der Waals surface area contributed by atoms with Crippen molar-refractivity contribution < 1.29 is 4.79 Å². The minimum absolute atomic E-state index is 0.318. The second kappa shape index (κ2) is 7.26. The number of primary amides is 1. The molecule has 0 atom stereocenters. The standard InChI is InChI=1S/C18H18Cl2N2OS/c1-2-11-6-10(7-12(11)18(21)23)4-3-5-17-22-15-8-13(19)14(20)9-16(15)24-17/h7-9H,2-6H2,1H3,(H2,21,23). The van der Waals surface area contributed by atoms with E-state index in [4.69, 9.17) is 28.9 Å². The van der Waals surface area contributed by atoms with E-state index >= 15 is 0 Å². The number of carbonyl (C=O) groups is 1. The minimum Gasteiger partial charge on any atom is -0.366 e. The van der Waals surface area contributed by atoms with E-state index in [1.54, 1.807) is 11.3 Å². The molecule has 3 rings (SSSR count). The summed E-state index contributed by atoms with van der Waals surface area (Å²) in [7, 11) is 0. The number of aromatic nitrogens is 1. The van der Waals surface area contributed by atoms with Gasteiger partial charge in [-0.2, -0.15) is 0 Å². The number of hydrogen-bond acceptors (Lipinski definition) is 3. The van der Waals surface area contributed by atoms with Crippen molar-refractivity contribution in [2.24, 2.45) is 5.73 Å². The van der Waals surface area contributed by atoms with E-state index in [0.717, 1.165) is 52.9 Å². The summed E-state index contributed by atoms with van der Waals surface area (Å²) in [4.78, 5) is 16.1. The molecule has 3 nitrogen and oxygen atoms in total. The molecular weight excluding hydrogens is 363 g/mol. The fraction of sp³-hybridized carbons (Fsp3) is 0.333. The van der Waals surface area contributed by atoms with Crippen molar-refractivity contribution in [3.05, 3.63) is 50.0 Å².